The van der Waals surface area contributed by atoms with Gasteiger partial charge in [0.15, 0.2) is 0 Å². The maximum atomic E-state index is 13.0. The van der Waals surface area contributed by atoms with E-state index in [1.165, 1.54) is 30.3 Å². The van der Waals surface area contributed by atoms with Gasteiger partial charge < -0.3 is 9.64 Å². The number of nitrogens with zero attached hydrogens (tertiary/aromatic N) is 6. The number of hydrogen-bond donors (Lipinski definition) is 0. The van der Waals surface area contributed by atoms with Crippen LogP contribution in [0, 0.1) is 5.41 Å². The fourth-order valence-electron chi connectivity index (χ4n) is 6.01. The molecule has 0 unspecified atom stereocenters. The van der Waals surface area contributed by atoms with Crippen molar-refractivity contribution < 1.29 is 9.53 Å². The third-order valence-electron chi connectivity index (χ3n) is 8.15. The van der Waals surface area contributed by atoms with Gasteiger partial charge in [0, 0.05) is 58.1 Å². The lowest BCUT2D eigenvalue weighted by Gasteiger charge is -2.45. The summed E-state index contributed by atoms with van der Waals surface area (Å²) in [5.41, 5.74) is 2.76. The third kappa shape index (κ3) is 7.19. The predicted molar refractivity (Wildman–Crippen MR) is 147 cm³/mol. The number of para-hydroxylation sites is 1. The minimum absolute atomic E-state index is 0.221. The number of fused-ring (bicyclic) bond motifs is 1. The molecule has 0 radical (unpaired) electrons. The van der Waals surface area contributed by atoms with E-state index in [1.807, 2.05) is 18.5 Å². The zero-order chi connectivity index (χ0) is 26.0. The van der Waals surface area contributed by atoms with Crippen LogP contribution < -0.4 is 4.74 Å². The molecule has 0 atom stereocenters. The Bertz CT molecular complexity index is 1130. The zero-order valence-electron chi connectivity index (χ0n) is 22.4. The van der Waals surface area contributed by atoms with Gasteiger partial charge in [-0.15, -0.1) is 0 Å². The fraction of sp³-hybridized carbons (Fsp3) is 0.533. The summed E-state index contributed by atoms with van der Waals surface area (Å²) in [6.07, 6.45) is 15.1. The van der Waals surface area contributed by atoms with Gasteiger partial charge in [0.2, 0.25) is 5.91 Å². The van der Waals surface area contributed by atoms with Crippen LogP contribution >= 0.6 is 0 Å². The summed E-state index contributed by atoms with van der Waals surface area (Å²) in [5.74, 6) is 1.30. The van der Waals surface area contributed by atoms with Crippen LogP contribution in [0.3, 0.4) is 0 Å². The lowest BCUT2D eigenvalue weighted by molar-refractivity contribution is -0.134. The Morgan fingerprint density at radius 3 is 2.71 bits per heavy atom. The summed E-state index contributed by atoms with van der Waals surface area (Å²) in [6, 6.07) is 12.7. The molecule has 0 bridgehead atoms. The average molecular weight is 517 g/mol. The Morgan fingerprint density at radius 2 is 1.89 bits per heavy atom. The molecule has 5 rings (SSSR count). The number of carbonyl (C=O) groups excluding carboxylic acids is 1. The summed E-state index contributed by atoms with van der Waals surface area (Å²) >= 11 is 0. The molecule has 0 aliphatic carbocycles. The molecule has 38 heavy (non-hydrogen) atoms. The van der Waals surface area contributed by atoms with Crippen molar-refractivity contribution in [2.45, 2.75) is 64.5 Å². The van der Waals surface area contributed by atoms with E-state index >= 15 is 0 Å². The molecule has 2 aliphatic rings. The SMILES string of the molecule is O=C(CCCn1cncn1)N1CCC2(CCCCc3ccccc3OCCN(Cc3cccnc3)C2)CC1. The Balaban J connectivity index is 1.24. The molecule has 2 aliphatic heterocycles. The maximum absolute atomic E-state index is 13.0. The molecule has 1 saturated heterocycles. The maximum Gasteiger partial charge on any atom is 0.222 e. The van der Waals surface area contributed by atoms with Crippen molar-refractivity contribution in [1.82, 2.24) is 29.5 Å². The third-order valence-corrected chi connectivity index (χ3v) is 8.15. The number of rotatable bonds is 6. The molecule has 8 nitrogen and oxygen atoms in total. The minimum atomic E-state index is 0.221. The van der Waals surface area contributed by atoms with Gasteiger partial charge in [-0.1, -0.05) is 30.7 Å². The van der Waals surface area contributed by atoms with E-state index in [9.17, 15) is 4.79 Å². The summed E-state index contributed by atoms with van der Waals surface area (Å²) in [7, 11) is 0. The summed E-state index contributed by atoms with van der Waals surface area (Å²) in [4.78, 5) is 25.9. The van der Waals surface area contributed by atoms with Crippen LogP contribution in [-0.4, -0.2) is 68.2 Å². The molecular weight excluding hydrogens is 476 g/mol. The number of ether oxygens (including phenoxy) is 1. The molecule has 1 spiro atoms. The van der Waals surface area contributed by atoms with Gasteiger partial charge in [-0.2, -0.15) is 5.10 Å². The van der Waals surface area contributed by atoms with E-state index < -0.39 is 0 Å². The van der Waals surface area contributed by atoms with Crippen LogP contribution in [0.4, 0.5) is 0 Å². The van der Waals surface area contributed by atoms with E-state index in [1.54, 1.807) is 11.0 Å². The van der Waals surface area contributed by atoms with Crippen molar-refractivity contribution in [2.75, 3.05) is 32.8 Å². The molecule has 4 heterocycles. The average Bonchev–Trinajstić information content (AvgIpc) is 3.46. The second kappa shape index (κ2) is 13.0. The number of benzene rings is 1. The molecule has 0 N–H and O–H groups in total. The van der Waals surface area contributed by atoms with Crippen LogP contribution in [0.1, 0.15) is 56.1 Å². The summed E-state index contributed by atoms with van der Waals surface area (Å²) in [5, 5.41) is 4.14. The van der Waals surface area contributed by atoms with E-state index in [0.717, 1.165) is 77.1 Å². The van der Waals surface area contributed by atoms with Gasteiger partial charge in [0.05, 0.1) is 0 Å². The van der Waals surface area contributed by atoms with Crippen molar-refractivity contribution >= 4 is 5.91 Å². The number of aryl methyl sites for hydroxylation is 2. The number of carbonyl (C=O) groups is 1. The zero-order valence-corrected chi connectivity index (χ0v) is 22.4. The molecule has 8 heteroatoms. The number of likely N-dealkylation sites (tertiary alicyclic amines) is 1. The molecule has 1 fully saturated rings. The largest absolute Gasteiger partial charge is 0.492 e. The summed E-state index contributed by atoms with van der Waals surface area (Å²) < 4.78 is 8.09. The monoisotopic (exact) mass is 516 g/mol. The van der Waals surface area contributed by atoms with Crippen molar-refractivity contribution in [3.8, 4) is 5.75 Å². The van der Waals surface area contributed by atoms with Crippen molar-refractivity contribution in [3.63, 3.8) is 0 Å². The van der Waals surface area contributed by atoms with E-state index in [-0.39, 0.29) is 11.3 Å². The smallest absolute Gasteiger partial charge is 0.222 e. The molecule has 3 aromatic rings. The molecule has 2 aromatic heterocycles. The van der Waals surface area contributed by atoms with Gasteiger partial charge in [0.25, 0.3) is 0 Å². The van der Waals surface area contributed by atoms with Crippen molar-refractivity contribution in [1.29, 1.82) is 0 Å². The van der Waals surface area contributed by atoms with Gasteiger partial charge in [-0.25, -0.2) is 4.98 Å². The van der Waals surface area contributed by atoms with Crippen molar-refractivity contribution in [3.05, 3.63) is 72.6 Å². The highest BCUT2D eigenvalue weighted by Crippen LogP contribution is 2.39. The highest BCUT2D eigenvalue weighted by atomic mass is 16.5. The molecular formula is C30H40N6O2. The van der Waals surface area contributed by atoms with Crippen LogP contribution in [0.2, 0.25) is 0 Å². The first-order chi connectivity index (χ1) is 18.7. The number of hydrogen-bond acceptors (Lipinski definition) is 6. The molecule has 1 aromatic carbocycles. The Kier molecular flexibility index (Phi) is 9.02. The highest BCUT2D eigenvalue weighted by Gasteiger charge is 2.37. The number of piperidine rings is 1. The molecule has 202 valence electrons. The lowest BCUT2D eigenvalue weighted by Crippen LogP contribution is -2.48. The van der Waals surface area contributed by atoms with E-state index in [4.69, 9.17) is 4.74 Å². The first-order valence-electron chi connectivity index (χ1n) is 14.1. The molecule has 0 saturated carbocycles. The van der Waals surface area contributed by atoms with Crippen LogP contribution in [0.25, 0.3) is 0 Å². The number of pyridine rings is 1. The summed E-state index contributed by atoms with van der Waals surface area (Å²) in [6.45, 7) is 5.87. The Morgan fingerprint density at radius 1 is 1.00 bits per heavy atom. The normalized spacial score (nSPS) is 18.7. The molecule has 1 amide bonds. The topological polar surface area (TPSA) is 76.4 Å². The van der Waals surface area contributed by atoms with E-state index in [2.05, 4.69) is 55.2 Å². The van der Waals surface area contributed by atoms with Crippen LogP contribution in [0.5, 0.6) is 5.75 Å². The highest BCUT2D eigenvalue weighted by molar-refractivity contribution is 5.76. The van der Waals surface area contributed by atoms with Crippen LogP contribution in [0.15, 0.2) is 61.4 Å². The van der Waals surface area contributed by atoms with Gasteiger partial charge in [-0.05, 0) is 67.2 Å². The lowest BCUT2D eigenvalue weighted by atomic mass is 9.73. The quantitative estimate of drug-likeness (QED) is 0.484. The first-order valence-corrected chi connectivity index (χ1v) is 14.1. The number of aromatic nitrogens is 4. The van der Waals surface area contributed by atoms with Crippen LogP contribution in [-0.2, 0) is 24.3 Å². The standard InChI is InChI=1S/C30H40N6O2/c37-29(11-6-16-36-25-32-24-33-36)35-17-13-30(14-18-35)12-4-3-9-27-8-1-2-10-28(27)38-20-19-34(23-30)22-26-7-5-15-31-21-26/h1-2,5,7-8,10,15,21,24-25H,3-4,6,9,11-14,16-20,22-23H2. The Labute approximate surface area is 226 Å². The fourth-order valence-corrected chi connectivity index (χ4v) is 6.01. The van der Waals surface area contributed by atoms with E-state index in [0.29, 0.717) is 13.0 Å². The second-order valence-electron chi connectivity index (χ2n) is 10.9. The second-order valence-corrected chi connectivity index (χ2v) is 10.9. The van der Waals surface area contributed by atoms with Gasteiger partial charge in [-0.3, -0.25) is 19.4 Å². The van der Waals surface area contributed by atoms with Gasteiger partial charge in [0.1, 0.15) is 25.0 Å². The first kappa shape index (κ1) is 26.4. The van der Waals surface area contributed by atoms with Crippen molar-refractivity contribution in [2.24, 2.45) is 5.41 Å². The Hall–Kier alpha value is -3.26. The van der Waals surface area contributed by atoms with Gasteiger partial charge >= 0.3 is 0 Å². The minimum Gasteiger partial charge on any atom is -0.492 e. The predicted octanol–water partition coefficient (Wildman–Crippen LogP) is 4.37. The number of amides is 1.